The van der Waals surface area contributed by atoms with Gasteiger partial charge in [-0.15, -0.1) is 5.10 Å². The molecule has 3 aromatic rings. The Hall–Kier alpha value is -1.96. The predicted octanol–water partition coefficient (Wildman–Crippen LogP) is 5.71. The van der Waals surface area contributed by atoms with Gasteiger partial charge in [-0.3, -0.25) is 4.79 Å². The topological polar surface area (TPSA) is 46.9 Å². The van der Waals surface area contributed by atoms with Crippen molar-refractivity contribution in [2.24, 2.45) is 0 Å². The lowest BCUT2D eigenvalue weighted by Gasteiger charge is -2.14. The molecule has 0 unspecified atom stereocenters. The third kappa shape index (κ3) is 4.48. The third-order valence-electron chi connectivity index (χ3n) is 4.25. The summed E-state index contributed by atoms with van der Waals surface area (Å²) < 4.78 is 3.23. The lowest BCUT2D eigenvalue weighted by Crippen LogP contribution is -2.23. The second kappa shape index (κ2) is 8.37. The smallest absolute Gasteiger partial charge is 0.237 e. The van der Waals surface area contributed by atoms with Crippen LogP contribution in [0.15, 0.2) is 46.8 Å². The van der Waals surface area contributed by atoms with E-state index in [0.717, 1.165) is 32.4 Å². The Bertz CT molecular complexity index is 1020. The molecule has 1 N–H and O–H groups in total. The third-order valence-corrected chi connectivity index (χ3v) is 6.67. The number of nitrogens with zero attached hydrogens (tertiary/aromatic N) is 2. The van der Waals surface area contributed by atoms with Crippen LogP contribution in [0.25, 0.3) is 5.69 Å². The number of aromatic nitrogens is 2. The minimum atomic E-state index is -0.283. The van der Waals surface area contributed by atoms with Gasteiger partial charge in [-0.2, -0.15) is 0 Å². The SMILES string of the molecule is Cc1ccccc1-n1nc(S[C@@H](C)C(=O)Nc2c(C)cccc2C)sc1=S. The first-order valence-electron chi connectivity index (χ1n) is 8.56. The quantitative estimate of drug-likeness (QED) is 0.428. The summed E-state index contributed by atoms with van der Waals surface area (Å²) in [6.45, 7) is 7.91. The molecule has 0 saturated heterocycles. The largest absolute Gasteiger partial charge is 0.325 e. The van der Waals surface area contributed by atoms with E-state index in [-0.39, 0.29) is 11.2 Å². The van der Waals surface area contributed by atoms with Gasteiger partial charge in [-0.05, 0) is 62.7 Å². The number of aryl methyl sites for hydroxylation is 3. The van der Waals surface area contributed by atoms with E-state index in [1.165, 1.54) is 23.1 Å². The van der Waals surface area contributed by atoms with Crippen molar-refractivity contribution in [3.05, 3.63) is 63.1 Å². The number of para-hydroxylation sites is 2. The Morgan fingerprint density at radius 1 is 1.11 bits per heavy atom. The molecule has 0 aliphatic carbocycles. The highest BCUT2D eigenvalue weighted by molar-refractivity contribution is 8.02. The van der Waals surface area contributed by atoms with Crippen LogP contribution in [0.5, 0.6) is 0 Å². The molecule has 1 atom stereocenters. The molecule has 0 fully saturated rings. The van der Waals surface area contributed by atoms with E-state index in [4.69, 9.17) is 12.2 Å². The number of hydrogen-bond acceptors (Lipinski definition) is 5. The number of amides is 1. The van der Waals surface area contributed by atoms with Gasteiger partial charge in [0.05, 0.1) is 10.9 Å². The molecular weight excluding hydrogens is 394 g/mol. The highest BCUT2D eigenvalue weighted by Gasteiger charge is 2.19. The number of nitrogens with one attached hydrogen (secondary N) is 1. The van der Waals surface area contributed by atoms with Crippen LogP contribution < -0.4 is 5.32 Å². The lowest BCUT2D eigenvalue weighted by atomic mass is 10.1. The van der Waals surface area contributed by atoms with Crippen molar-refractivity contribution < 1.29 is 4.79 Å². The second-order valence-electron chi connectivity index (χ2n) is 6.35. The summed E-state index contributed by atoms with van der Waals surface area (Å²) in [7, 11) is 0. The van der Waals surface area contributed by atoms with Gasteiger partial charge in [-0.25, -0.2) is 4.68 Å². The molecule has 0 spiro atoms. The van der Waals surface area contributed by atoms with Crippen LogP contribution in [0.4, 0.5) is 5.69 Å². The Balaban J connectivity index is 1.76. The monoisotopic (exact) mass is 415 g/mol. The Kier molecular flexibility index (Phi) is 6.14. The number of benzene rings is 2. The first-order chi connectivity index (χ1) is 12.9. The second-order valence-corrected chi connectivity index (χ2v) is 9.56. The van der Waals surface area contributed by atoms with Gasteiger partial charge in [0.25, 0.3) is 0 Å². The highest BCUT2D eigenvalue weighted by atomic mass is 32.2. The maximum atomic E-state index is 12.6. The maximum absolute atomic E-state index is 12.6. The fraction of sp³-hybridized carbons (Fsp3) is 0.250. The zero-order valence-corrected chi connectivity index (χ0v) is 18.1. The van der Waals surface area contributed by atoms with Crippen molar-refractivity contribution in [1.29, 1.82) is 0 Å². The van der Waals surface area contributed by atoms with Crippen molar-refractivity contribution in [1.82, 2.24) is 9.78 Å². The molecular formula is C20H21N3OS3. The van der Waals surface area contributed by atoms with E-state index < -0.39 is 0 Å². The summed E-state index contributed by atoms with van der Waals surface area (Å²) in [6.07, 6.45) is 0. The van der Waals surface area contributed by atoms with Gasteiger partial charge in [0, 0.05) is 5.69 Å². The fourth-order valence-corrected chi connectivity index (χ4v) is 5.19. The number of carbonyl (C=O) groups is 1. The highest BCUT2D eigenvalue weighted by Crippen LogP contribution is 2.29. The van der Waals surface area contributed by atoms with Gasteiger partial charge in [0.15, 0.2) is 8.29 Å². The van der Waals surface area contributed by atoms with E-state index in [2.05, 4.69) is 10.4 Å². The standard InChI is InChI=1S/C20H21N3OS3/c1-12-8-5-6-11-16(12)23-20(25)27-19(22-23)26-15(4)18(24)21-17-13(2)9-7-10-14(17)3/h5-11,15H,1-4H3,(H,21,24)/t15-/m0/s1. The molecule has 0 aliphatic rings. The summed E-state index contributed by atoms with van der Waals surface area (Å²) in [6, 6.07) is 14.0. The lowest BCUT2D eigenvalue weighted by molar-refractivity contribution is -0.115. The summed E-state index contributed by atoms with van der Waals surface area (Å²) in [5, 5.41) is 7.38. The normalized spacial score (nSPS) is 12.0. The van der Waals surface area contributed by atoms with Crippen LogP contribution in [0.1, 0.15) is 23.6 Å². The average Bonchev–Trinajstić information content (AvgIpc) is 2.98. The molecule has 1 heterocycles. The van der Waals surface area contributed by atoms with E-state index in [1.54, 1.807) is 4.68 Å². The van der Waals surface area contributed by atoms with Gasteiger partial charge in [0.2, 0.25) is 5.91 Å². The number of thioether (sulfide) groups is 1. The number of rotatable bonds is 5. The molecule has 0 aliphatic heterocycles. The number of carbonyl (C=O) groups excluding carboxylic acids is 1. The van der Waals surface area contributed by atoms with Crippen LogP contribution in [0, 0.1) is 24.7 Å². The molecule has 1 amide bonds. The minimum Gasteiger partial charge on any atom is -0.325 e. The molecule has 140 valence electrons. The van der Waals surface area contributed by atoms with E-state index in [9.17, 15) is 4.79 Å². The minimum absolute atomic E-state index is 0.0408. The fourth-order valence-electron chi connectivity index (χ4n) is 2.70. The number of hydrogen-bond donors (Lipinski definition) is 1. The van der Waals surface area contributed by atoms with Crippen LogP contribution in [-0.2, 0) is 4.79 Å². The maximum Gasteiger partial charge on any atom is 0.237 e. The van der Waals surface area contributed by atoms with E-state index >= 15 is 0 Å². The average molecular weight is 416 g/mol. The van der Waals surface area contributed by atoms with E-state index in [0.29, 0.717) is 3.95 Å². The zero-order valence-electron chi connectivity index (χ0n) is 15.6. The predicted molar refractivity (Wildman–Crippen MR) is 117 cm³/mol. The van der Waals surface area contributed by atoms with Gasteiger partial charge < -0.3 is 5.32 Å². The molecule has 2 aromatic carbocycles. The zero-order chi connectivity index (χ0) is 19.6. The molecule has 7 heteroatoms. The number of anilines is 1. The van der Waals surface area contributed by atoms with Crippen molar-refractivity contribution in [2.75, 3.05) is 5.32 Å². The van der Waals surface area contributed by atoms with Crippen LogP contribution >= 0.6 is 35.3 Å². The van der Waals surface area contributed by atoms with Crippen LogP contribution in [-0.4, -0.2) is 20.9 Å². The van der Waals surface area contributed by atoms with Crippen molar-refractivity contribution in [3.63, 3.8) is 0 Å². The molecule has 3 rings (SSSR count). The first kappa shape index (κ1) is 19.8. The Morgan fingerprint density at radius 3 is 2.41 bits per heavy atom. The van der Waals surface area contributed by atoms with Crippen molar-refractivity contribution >= 4 is 46.9 Å². The van der Waals surface area contributed by atoms with Crippen molar-refractivity contribution in [3.8, 4) is 5.69 Å². The summed E-state index contributed by atoms with van der Waals surface area (Å²) in [5.74, 6) is -0.0408. The van der Waals surface area contributed by atoms with E-state index in [1.807, 2.05) is 70.2 Å². The Morgan fingerprint density at radius 2 is 1.74 bits per heavy atom. The van der Waals surface area contributed by atoms with Gasteiger partial charge in [-0.1, -0.05) is 59.5 Å². The van der Waals surface area contributed by atoms with Crippen LogP contribution in [0.3, 0.4) is 0 Å². The summed E-state index contributed by atoms with van der Waals surface area (Å²) in [5.41, 5.74) is 5.07. The first-order valence-corrected chi connectivity index (χ1v) is 10.7. The molecule has 27 heavy (non-hydrogen) atoms. The van der Waals surface area contributed by atoms with Crippen molar-refractivity contribution in [2.45, 2.75) is 37.3 Å². The molecule has 0 bridgehead atoms. The van der Waals surface area contributed by atoms with Gasteiger partial charge >= 0.3 is 0 Å². The summed E-state index contributed by atoms with van der Waals surface area (Å²) >= 11 is 8.33. The molecule has 0 radical (unpaired) electrons. The molecule has 1 aromatic heterocycles. The van der Waals surface area contributed by atoms with Crippen LogP contribution in [0.2, 0.25) is 0 Å². The summed E-state index contributed by atoms with van der Waals surface area (Å²) in [4.78, 5) is 12.6. The molecule has 4 nitrogen and oxygen atoms in total. The Labute approximate surface area is 172 Å². The molecule has 0 saturated carbocycles. The van der Waals surface area contributed by atoms with Gasteiger partial charge in [0.1, 0.15) is 0 Å².